The second-order valence-electron chi connectivity index (χ2n) is 6.23. The van der Waals surface area contributed by atoms with Gasteiger partial charge in [-0.2, -0.15) is 0 Å². The molecule has 11 heteroatoms. The standard InChI is InChI=1S/C17H28N7O4/c1-24-11-20-10-12(24)8-14(22-15(26)9-19)17(28)23-13(4-2-3-5-18)16(27)21-6-7-25/h10-11,13-14H,2-6,8-9,18-19H2,1H3,(H,21,27)(H,22,26)(H,23,28)/t13-,14-/m0/s1. The van der Waals surface area contributed by atoms with Crippen LogP contribution in [0.5, 0.6) is 0 Å². The minimum absolute atomic E-state index is 0.174. The van der Waals surface area contributed by atoms with E-state index in [0.29, 0.717) is 25.8 Å². The minimum atomic E-state index is -0.936. The van der Waals surface area contributed by atoms with Crippen LogP contribution in [0.25, 0.3) is 0 Å². The van der Waals surface area contributed by atoms with Crippen molar-refractivity contribution in [2.45, 2.75) is 37.8 Å². The van der Waals surface area contributed by atoms with Crippen molar-refractivity contribution < 1.29 is 19.2 Å². The van der Waals surface area contributed by atoms with Crippen LogP contribution >= 0.6 is 0 Å². The van der Waals surface area contributed by atoms with Gasteiger partial charge < -0.3 is 32.0 Å². The molecule has 0 aliphatic carbocycles. The number of unbranched alkanes of at least 4 members (excludes halogenated alkanes) is 1. The van der Waals surface area contributed by atoms with Gasteiger partial charge in [-0.1, -0.05) is 0 Å². The Morgan fingerprint density at radius 1 is 1.18 bits per heavy atom. The number of imidazole rings is 1. The van der Waals surface area contributed by atoms with E-state index < -0.39 is 29.8 Å². The summed E-state index contributed by atoms with van der Waals surface area (Å²) >= 11 is 0. The molecule has 2 atom stereocenters. The maximum absolute atomic E-state index is 12.8. The first-order valence-electron chi connectivity index (χ1n) is 9.00. The lowest BCUT2D eigenvalue weighted by atomic mass is 10.1. The summed E-state index contributed by atoms with van der Waals surface area (Å²) in [5.41, 5.74) is 11.5. The van der Waals surface area contributed by atoms with Crippen LogP contribution in [0.4, 0.5) is 0 Å². The lowest BCUT2D eigenvalue weighted by molar-refractivity contribution is -0.131. The van der Waals surface area contributed by atoms with Crippen LogP contribution in [0, 0.1) is 0 Å². The number of hydrogen-bond acceptors (Lipinski definition) is 7. The van der Waals surface area contributed by atoms with Gasteiger partial charge >= 0.3 is 0 Å². The Morgan fingerprint density at radius 2 is 1.93 bits per heavy atom. The summed E-state index contributed by atoms with van der Waals surface area (Å²) in [4.78, 5) is 51.1. The molecular weight excluding hydrogens is 366 g/mol. The third-order valence-corrected chi connectivity index (χ3v) is 4.08. The molecule has 11 nitrogen and oxygen atoms in total. The topological polar surface area (TPSA) is 174 Å². The maximum atomic E-state index is 12.8. The number of aromatic nitrogens is 2. The van der Waals surface area contributed by atoms with E-state index in [1.807, 2.05) is 0 Å². The van der Waals surface area contributed by atoms with Crippen LogP contribution in [0.2, 0.25) is 0 Å². The van der Waals surface area contributed by atoms with Crippen molar-refractivity contribution in [3.63, 3.8) is 0 Å². The van der Waals surface area contributed by atoms with E-state index in [4.69, 9.17) is 11.5 Å². The number of amides is 3. The van der Waals surface area contributed by atoms with Gasteiger partial charge in [-0.15, -0.1) is 0 Å². The molecule has 3 amide bonds. The summed E-state index contributed by atoms with van der Waals surface area (Å²) in [7, 11) is 1.76. The van der Waals surface area contributed by atoms with Gasteiger partial charge in [-0.05, 0) is 25.8 Å². The zero-order valence-corrected chi connectivity index (χ0v) is 15.9. The van der Waals surface area contributed by atoms with Gasteiger partial charge in [0.2, 0.25) is 24.0 Å². The van der Waals surface area contributed by atoms with E-state index in [0.717, 1.165) is 5.69 Å². The van der Waals surface area contributed by atoms with Gasteiger partial charge in [0.25, 0.3) is 0 Å². The first-order chi connectivity index (χ1) is 13.4. The molecule has 0 saturated heterocycles. The molecule has 0 fully saturated rings. The monoisotopic (exact) mass is 394 g/mol. The molecule has 0 aliphatic rings. The average molecular weight is 394 g/mol. The molecule has 1 heterocycles. The molecule has 0 spiro atoms. The van der Waals surface area contributed by atoms with Crippen molar-refractivity contribution >= 4 is 24.0 Å². The van der Waals surface area contributed by atoms with Crippen LogP contribution in [-0.4, -0.2) is 65.3 Å². The average Bonchev–Trinajstić information content (AvgIpc) is 3.09. The molecule has 1 rings (SSSR count). The highest BCUT2D eigenvalue weighted by atomic mass is 16.2. The Bertz CT molecular complexity index is 662. The van der Waals surface area contributed by atoms with Gasteiger partial charge in [0, 0.05) is 25.4 Å². The molecular formula is C17H28N7O4. The van der Waals surface area contributed by atoms with Gasteiger partial charge in [0.1, 0.15) is 12.1 Å². The normalized spacial score (nSPS) is 12.7. The van der Waals surface area contributed by atoms with E-state index in [1.54, 1.807) is 30.4 Å². The lowest BCUT2D eigenvalue weighted by Crippen LogP contribution is -2.55. The number of carbonyl (C=O) groups is 3. The summed E-state index contributed by atoms with van der Waals surface area (Å²) in [6.07, 6.45) is 6.54. The zero-order valence-electron chi connectivity index (χ0n) is 15.9. The van der Waals surface area contributed by atoms with Gasteiger partial charge in [-0.25, -0.2) is 4.98 Å². The zero-order chi connectivity index (χ0) is 20.9. The van der Waals surface area contributed by atoms with Crippen molar-refractivity contribution in [1.29, 1.82) is 0 Å². The molecule has 155 valence electrons. The minimum Gasteiger partial charge on any atom is -0.347 e. The predicted molar refractivity (Wildman–Crippen MR) is 101 cm³/mol. The fourth-order valence-corrected chi connectivity index (χ4v) is 2.53. The molecule has 0 bridgehead atoms. The van der Waals surface area contributed by atoms with Gasteiger partial charge in [-0.3, -0.25) is 19.2 Å². The molecule has 1 aromatic heterocycles. The molecule has 0 aromatic carbocycles. The summed E-state index contributed by atoms with van der Waals surface area (Å²) in [6, 6.07) is -1.80. The smallest absolute Gasteiger partial charge is 0.243 e. The molecule has 1 aromatic rings. The molecule has 0 unspecified atom stereocenters. The van der Waals surface area contributed by atoms with Crippen molar-refractivity contribution in [2.24, 2.45) is 18.5 Å². The first kappa shape index (κ1) is 23.2. The van der Waals surface area contributed by atoms with Crippen LogP contribution in [0.3, 0.4) is 0 Å². The second kappa shape index (κ2) is 12.6. The van der Waals surface area contributed by atoms with Crippen LogP contribution in [0.15, 0.2) is 12.5 Å². The fraction of sp³-hybridized carbons (Fsp3) is 0.588. The summed E-state index contributed by atoms with van der Waals surface area (Å²) in [5, 5.41) is 7.58. The highest BCUT2D eigenvalue weighted by Crippen LogP contribution is 2.05. The Labute approximate surface area is 163 Å². The van der Waals surface area contributed by atoms with Gasteiger partial charge in [0.05, 0.1) is 19.4 Å². The lowest BCUT2D eigenvalue weighted by Gasteiger charge is -2.23. The molecule has 28 heavy (non-hydrogen) atoms. The third kappa shape index (κ3) is 7.84. The molecule has 7 N–H and O–H groups in total. The number of nitrogens with zero attached hydrogens (tertiary/aromatic N) is 2. The highest BCUT2D eigenvalue weighted by Gasteiger charge is 2.27. The quantitative estimate of drug-likeness (QED) is 0.225. The summed E-state index contributed by atoms with van der Waals surface area (Å²) in [5.74, 6) is -1.54. The van der Waals surface area contributed by atoms with Crippen molar-refractivity contribution in [1.82, 2.24) is 25.5 Å². The first-order valence-corrected chi connectivity index (χ1v) is 9.00. The number of nitrogens with one attached hydrogen (secondary N) is 3. The second-order valence-corrected chi connectivity index (χ2v) is 6.23. The number of carbonyl (C=O) groups excluding carboxylic acids is 4. The predicted octanol–water partition coefficient (Wildman–Crippen LogP) is -2.75. The number of aryl methyl sites for hydroxylation is 1. The Kier molecular flexibility index (Phi) is 10.4. The Balaban J connectivity index is 2.88. The van der Waals surface area contributed by atoms with E-state index in [9.17, 15) is 19.2 Å². The SMILES string of the molecule is Cn1cncc1C[C@H](NC(=O)CN)C(=O)N[C@@H](CCCCN)C(=O)NC[C]=O. The van der Waals surface area contributed by atoms with Crippen molar-refractivity contribution in [3.8, 4) is 0 Å². The van der Waals surface area contributed by atoms with Crippen molar-refractivity contribution in [2.75, 3.05) is 19.6 Å². The number of nitrogens with two attached hydrogens (primary N) is 2. The Morgan fingerprint density at radius 3 is 2.50 bits per heavy atom. The number of hydrogen-bond donors (Lipinski definition) is 5. The van der Waals surface area contributed by atoms with Crippen LogP contribution < -0.4 is 27.4 Å². The third-order valence-electron chi connectivity index (χ3n) is 4.08. The van der Waals surface area contributed by atoms with E-state index in [2.05, 4.69) is 20.9 Å². The van der Waals surface area contributed by atoms with Crippen LogP contribution in [0.1, 0.15) is 25.0 Å². The van der Waals surface area contributed by atoms with E-state index in [1.165, 1.54) is 0 Å². The molecule has 1 radical (unpaired) electrons. The molecule has 0 saturated carbocycles. The number of rotatable bonds is 13. The summed E-state index contributed by atoms with van der Waals surface area (Å²) in [6.45, 7) is -0.0880. The van der Waals surface area contributed by atoms with E-state index >= 15 is 0 Å². The Hall–Kier alpha value is -2.79. The van der Waals surface area contributed by atoms with E-state index in [-0.39, 0.29) is 19.5 Å². The van der Waals surface area contributed by atoms with Crippen molar-refractivity contribution in [3.05, 3.63) is 18.2 Å². The van der Waals surface area contributed by atoms with Crippen LogP contribution in [-0.2, 0) is 32.6 Å². The largest absolute Gasteiger partial charge is 0.347 e. The van der Waals surface area contributed by atoms with Gasteiger partial charge in [0.15, 0.2) is 0 Å². The molecule has 0 aliphatic heterocycles. The fourth-order valence-electron chi connectivity index (χ4n) is 2.53. The summed E-state index contributed by atoms with van der Waals surface area (Å²) < 4.78 is 1.72. The highest BCUT2D eigenvalue weighted by molar-refractivity contribution is 5.92. The maximum Gasteiger partial charge on any atom is 0.243 e.